The molecule has 0 saturated carbocycles. The third-order valence-electron chi connectivity index (χ3n) is 6.28. The number of thiophene rings is 1. The number of benzene rings is 1. The van der Waals surface area contributed by atoms with Crippen LogP contribution in [-0.2, 0) is 9.59 Å². The Morgan fingerprint density at radius 1 is 1.00 bits per heavy atom. The zero-order valence-electron chi connectivity index (χ0n) is 18.5. The van der Waals surface area contributed by atoms with Gasteiger partial charge in [-0.3, -0.25) is 14.4 Å². The fourth-order valence-corrected chi connectivity index (χ4v) is 5.23. The molecule has 2 amide bonds. The fourth-order valence-electron chi connectivity index (χ4n) is 4.14. The van der Waals surface area contributed by atoms with Crippen LogP contribution in [0.5, 0.6) is 0 Å². The summed E-state index contributed by atoms with van der Waals surface area (Å²) in [5.74, 6) is -3.50. The summed E-state index contributed by atoms with van der Waals surface area (Å²) in [6.07, 6.45) is 0.730. The van der Waals surface area contributed by atoms with Gasteiger partial charge >= 0.3 is 5.97 Å². The lowest BCUT2D eigenvalue weighted by atomic mass is 9.76. The Kier molecular flexibility index (Phi) is 6.36. The lowest BCUT2D eigenvalue weighted by Gasteiger charge is -2.29. The van der Waals surface area contributed by atoms with Gasteiger partial charge in [-0.15, -0.1) is 11.3 Å². The van der Waals surface area contributed by atoms with E-state index in [1.807, 2.05) is 52.8 Å². The topological polar surface area (TPSA) is 109 Å². The van der Waals surface area contributed by atoms with Crippen LogP contribution in [-0.4, -0.2) is 22.9 Å². The average Bonchev–Trinajstić information content (AvgIpc) is 3.01. The van der Waals surface area contributed by atoms with Crippen LogP contribution in [0.15, 0.2) is 29.3 Å². The van der Waals surface area contributed by atoms with Crippen molar-refractivity contribution < 1.29 is 19.5 Å². The number of nitrogens with one attached hydrogen (secondary N) is 1. The van der Waals surface area contributed by atoms with Crippen molar-refractivity contribution in [2.45, 2.75) is 47.5 Å². The van der Waals surface area contributed by atoms with Gasteiger partial charge in [0.05, 0.1) is 17.4 Å². The van der Waals surface area contributed by atoms with Crippen LogP contribution in [0.3, 0.4) is 0 Å². The number of nitrogens with two attached hydrogens (primary N) is 1. The first-order valence-electron chi connectivity index (χ1n) is 10.2. The summed E-state index contributed by atoms with van der Waals surface area (Å²) in [6, 6.07) is 5.93. The highest BCUT2D eigenvalue weighted by Crippen LogP contribution is 2.41. The number of amides is 2. The standard InChI is InChI=1S/C24H28N2O4S/c1-11-6-7-16(8-12(11)2)19-15(5)31-23(20(19)21(25)27)26-22(28)17-9-13(3)14(4)10-18(17)24(29)30/h6-8,17-18H,9-10H2,1-5H3,(H2,25,27)(H,26,28)(H,29,30)/t17-,18-/m0/s1. The highest BCUT2D eigenvalue weighted by molar-refractivity contribution is 7.17. The van der Waals surface area contributed by atoms with Gasteiger partial charge in [0.25, 0.3) is 5.91 Å². The van der Waals surface area contributed by atoms with Crippen LogP contribution >= 0.6 is 11.3 Å². The van der Waals surface area contributed by atoms with Crippen LogP contribution in [0.4, 0.5) is 5.00 Å². The molecule has 6 nitrogen and oxygen atoms in total. The summed E-state index contributed by atoms with van der Waals surface area (Å²) in [7, 11) is 0. The van der Waals surface area contributed by atoms with Crippen molar-refractivity contribution in [2.24, 2.45) is 17.6 Å². The monoisotopic (exact) mass is 440 g/mol. The molecule has 1 aliphatic rings. The average molecular weight is 441 g/mol. The number of primary amides is 1. The van der Waals surface area contributed by atoms with Crippen molar-refractivity contribution >= 4 is 34.1 Å². The summed E-state index contributed by atoms with van der Waals surface area (Å²) in [5.41, 5.74) is 11.8. The Labute approximate surface area is 186 Å². The first kappa shape index (κ1) is 22.7. The van der Waals surface area contributed by atoms with Crippen molar-refractivity contribution in [2.75, 3.05) is 5.32 Å². The molecule has 0 bridgehead atoms. The van der Waals surface area contributed by atoms with E-state index in [1.165, 1.54) is 11.3 Å². The van der Waals surface area contributed by atoms with Gasteiger partial charge in [-0.1, -0.05) is 29.3 Å². The molecule has 0 aliphatic heterocycles. The molecule has 0 unspecified atom stereocenters. The fraction of sp³-hybridized carbons (Fsp3) is 0.375. The van der Waals surface area contributed by atoms with Gasteiger partial charge in [0.1, 0.15) is 5.00 Å². The molecule has 0 radical (unpaired) electrons. The minimum atomic E-state index is -0.986. The van der Waals surface area contributed by atoms with Gasteiger partial charge in [0, 0.05) is 10.4 Å². The van der Waals surface area contributed by atoms with Gasteiger partial charge in [0.15, 0.2) is 0 Å². The number of carboxylic acids is 1. The molecule has 2 atom stereocenters. The molecule has 0 saturated heterocycles. The first-order valence-corrected chi connectivity index (χ1v) is 11.0. The Morgan fingerprint density at radius 2 is 1.61 bits per heavy atom. The van der Waals surface area contributed by atoms with E-state index in [4.69, 9.17) is 5.73 Å². The zero-order chi connectivity index (χ0) is 23.0. The molecule has 31 heavy (non-hydrogen) atoms. The number of hydrogen-bond acceptors (Lipinski definition) is 4. The number of allylic oxidation sites excluding steroid dienone is 2. The van der Waals surface area contributed by atoms with Crippen LogP contribution in [0.2, 0.25) is 0 Å². The molecule has 1 heterocycles. The molecule has 1 aromatic carbocycles. The summed E-state index contributed by atoms with van der Waals surface area (Å²) in [6.45, 7) is 9.73. The zero-order valence-corrected chi connectivity index (χ0v) is 19.3. The van der Waals surface area contributed by atoms with E-state index in [9.17, 15) is 19.5 Å². The molecule has 1 aromatic heterocycles. The highest BCUT2D eigenvalue weighted by atomic mass is 32.1. The van der Waals surface area contributed by atoms with Gasteiger partial charge < -0.3 is 16.2 Å². The van der Waals surface area contributed by atoms with E-state index >= 15 is 0 Å². The number of carbonyl (C=O) groups is 3. The third-order valence-corrected chi connectivity index (χ3v) is 7.30. The number of carbonyl (C=O) groups excluding carboxylic acids is 2. The van der Waals surface area contributed by atoms with E-state index in [-0.39, 0.29) is 5.56 Å². The molecule has 0 fully saturated rings. The quantitative estimate of drug-likeness (QED) is 0.579. The van der Waals surface area contributed by atoms with Gasteiger partial charge in [0.2, 0.25) is 5.91 Å². The predicted molar refractivity (Wildman–Crippen MR) is 123 cm³/mol. The Bertz CT molecular complexity index is 1110. The number of rotatable bonds is 5. The Balaban J connectivity index is 2.00. The summed E-state index contributed by atoms with van der Waals surface area (Å²) in [5, 5.41) is 12.8. The molecule has 4 N–H and O–H groups in total. The van der Waals surface area contributed by atoms with E-state index in [2.05, 4.69) is 5.32 Å². The number of hydrogen-bond donors (Lipinski definition) is 3. The maximum absolute atomic E-state index is 13.1. The summed E-state index contributed by atoms with van der Waals surface area (Å²) < 4.78 is 0. The van der Waals surface area contributed by atoms with Gasteiger partial charge in [-0.05, 0) is 64.2 Å². The summed E-state index contributed by atoms with van der Waals surface area (Å²) in [4.78, 5) is 38.1. The van der Waals surface area contributed by atoms with Crippen LogP contribution in [0.1, 0.15) is 53.1 Å². The Hall–Kier alpha value is -2.93. The van der Waals surface area contributed by atoms with Crippen LogP contribution < -0.4 is 11.1 Å². The van der Waals surface area contributed by atoms with Crippen molar-refractivity contribution in [1.29, 1.82) is 0 Å². The second kappa shape index (κ2) is 8.67. The molecule has 1 aliphatic carbocycles. The lowest BCUT2D eigenvalue weighted by molar-refractivity contribution is -0.146. The van der Waals surface area contributed by atoms with Crippen LogP contribution in [0, 0.1) is 32.6 Å². The molecule has 2 aromatic rings. The largest absolute Gasteiger partial charge is 0.481 e. The molecular weight excluding hydrogens is 412 g/mol. The van der Waals surface area contributed by atoms with Crippen molar-refractivity contribution in [1.82, 2.24) is 0 Å². The molecule has 164 valence electrons. The second-order valence-electron chi connectivity index (χ2n) is 8.41. The normalized spacial score (nSPS) is 18.7. The third kappa shape index (κ3) is 4.42. The maximum atomic E-state index is 13.1. The van der Waals surface area contributed by atoms with Gasteiger partial charge in [-0.25, -0.2) is 0 Å². The van der Waals surface area contributed by atoms with Crippen molar-refractivity contribution in [3.63, 3.8) is 0 Å². The minimum Gasteiger partial charge on any atom is -0.481 e. The van der Waals surface area contributed by atoms with E-state index in [0.29, 0.717) is 23.4 Å². The second-order valence-corrected chi connectivity index (χ2v) is 9.63. The minimum absolute atomic E-state index is 0.269. The smallest absolute Gasteiger partial charge is 0.307 e. The Morgan fingerprint density at radius 3 is 2.16 bits per heavy atom. The molecule has 7 heteroatoms. The van der Waals surface area contributed by atoms with Crippen molar-refractivity contribution in [3.8, 4) is 11.1 Å². The lowest BCUT2D eigenvalue weighted by Crippen LogP contribution is -2.36. The SMILES string of the molecule is CC1=C(C)C[C@H](C(=O)Nc2sc(C)c(-c3ccc(C)c(C)c3)c2C(N)=O)[C@@H](C(=O)O)C1. The van der Waals surface area contributed by atoms with E-state index in [1.54, 1.807) is 0 Å². The number of aryl methyl sites for hydroxylation is 3. The van der Waals surface area contributed by atoms with Crippen LogP contribution in [0.25, 0.3) is 11.1 Å². The maximum Gasteiger partial charge on any atom is 0.307 e. The first-order chi connectivity index (χ1) is 14.5. The predicted octanol–water partition coefficient (Wildman–Crippen LogP) is 4.82. The molecular formula is C24H28N2O4S. The number of carboxylic acid groups (broad SMARTS) is 1. The van der Waals surface area contributed by atoms with E-state index in [0.717, 1.165) is 32.7 Å². The van der Waals surface area contributed by atoms with Crippen molar-refractivity contribution in [3.05, 3.63) is 50.9 Å². The van der Waals surface area contributed by atoms with E-state index < -0.39 is 29.6 Å². The summed E-state index contributed by atoms with van der Waals surface area (Å²) >= 11 is 1.29. The highest BCUT2D eigenvalue weighted by Gasteiger charge is 2.38. The number of aliphatic carboxylic acids is 1. The molecule has 3 rings (SSSR count). The number of anilines is 1. The van der Waals surface area contributed by atoms with Gasteiger partial charge in [-0.2, -0.15) is 0 Å². The molecule has 0 spiro atoms.